The second-order valence-electron chi connectivity index (χ2n) is 5.20. The maximum Gasteiger partial charge on any atom is 0.225 e. The number of carbonyl (C=O) groups excluding carboxylic acids is 1. The molecule has 0 saturated heterocycles. The highest BCUT2D eigenvalue weighted by molar-refractivity contribution is 5.65. The van der Waals surface area contributed by atoms with Crippen molar-refractivity contribution in [2.24, 2.45) is 0 Å². The molecule has 0 aromatic carbocycles. The third kappa shape index (κ3) is 15.4. The molecular weight excluding hydrogens is 220 g/mol. The Morgan fingerprint density at radius 2 is 1.17 bits per heavy atom. The van der Waals surface area contributed by atoms with Gasteiger partial charge in [0.2, 0.25) is 6.29 Å². The minimum Gasteiger partial charge on any atom is -0.286 e. The van der Waals surface area contributed by atoms with Crippen molar-refractivity contribution in [2.75, 3.05) is 0 Å². The molecule has 0 amide bonds. The summed E-state index contributed by atoms with van der Waals surface area (Å²) in [6.07, 6.45) is 22.8. The Morgan fingerprint density at radius 3 is 1.61 bits per heavy atom. The van der Waals surface area contributed by atoms with Crippen molar-refractivity contribution < 1.29 is 4.79 Å². The van der Waals surface area contributed by atoms with Crippen LogP contribution >= 0.6 is 0 Å². The Balaban J connectivity index is 2.94. The molecule has 0 aromatic rings. The summed E-state index contributed by atoms with van der Waals surface area (Å²) >= 11 is 0. The molecule has 18 heavy (non-hydrogen) atoms. The first-order chi connectivity index (χ1) is 8.91. The molecule has 0 heterocycles. The molecule has 1 nitrogen and oxygen atoms in total. The molecule has 0 rings (SSSR count). The van der Waals surface area contributed by atoms with Crippen LogP contribution in [0.5, 0.6) is 0 Å². The lowest BCUT2D eigenvalue weighted by molar-refractivity contribution is 0.545. The zero-order valence-electron chi connectivity index (χ0n) is 12.3. The summed E-state index contributed by atoms with van der Waals surface area (Å²) in [5, 5.41) is 0. The third-order valence-corrected chi connectivity index (χ3v) is 3.41. The number of unbranched alkanes of at least 4 members (excludes halogenated alkanes) is 12. The van der Waals surface area contributed by atoms with Crippen LogP contribution < -0.4 is 0 Å². The highest BCUT2D eigenvalue weighted by Crippen LogP contribution is 2.12. The van der Waals surface area contributed by atoms with Crippen molar-refractivity contribution in [1.82, 2.24) is 0 Å². The van der Waals surface area contributed by atoms with E-state index in [4.69, 9.17) is 0 Å². The SMILES string of the molecule is CCCCCCCCCCCCCC/C=C/[C]=O. The summed E-state index contributed by atoms with van der Waals surface area (Å²) in [6.45, 7) is 2.27. The first-order valence-electron chi connectivity index (χ1n) is 7.94. The Hall–Kier alpha value is -0.590. The fourth-order valence-corrected chi connectivity index (χ4v) is 2.23. The monoisotopic (exact) mass is 251 g/mol. The summed E-state index contributed by atoms with van der Waals surface area (Å²) in [6, 6.07) is 0. The highest BCUT2D eigenvalue weighted by Gasteiger charge is 1.92. The zero-order chi connectivity index (χ0) is 13.3. The van der Waals surface area contributed by atoms with Gasteiger partial charge in [-0.1, -0.05) is 83.6 Å². The molecule has 0 aromatic heterocycles. The van der Waals surface area contributed by atoms with E-state index in [9.17, 15) is 4.79 Å². The number of rotatable bonds is 14. The molecule has 0 aliphatic heterocycles. The van der Waals surface area contributed by atoms with Crippen LogP contribution in [0.25, 0.3) is 0 Å². The lowest BCUT2D eigenvalue weighted by Gasteiger charge is -2.02. The minimum atomic E-state index is 1.03. The fourth-order valence-electron chi connectivity index (χ4n) is 2.23. The predicted molar refractivity (Wildman–Crippen MR) is 80.5 cm³/mol. The first-order valence-corrected chi connectivity index (χ1v) is 7.94. The molecule has 0 aliphatic rings. The Labute approximate surface area is 114 Å². The molecule has 0 fully saturated rings. The topological polar surface area (TPSA) is 17.1 Å². The lowest BCUT2D eigenvalue weighted by atomic mass is 10.0. The van der Waals surface area contributed by atoms with Gasteiger partial charge in [-0.2, -0.15) is 0 Å². The van der Waals surface area contributed by atoms with Gasteiger partial charge in [-0.25, -0.2) is 0 Å². The molecule has 0 saturated carbocycles. The van der Waals surface area contributed by atoms with E-state index in [0.717, 1.165) is 6.42 Å². The molecule has 1 heteroatoms. The smallest absolute Gasteiger partial charge is 0.225 e. The summed E-state index contributed by atoms with van der Waals surface area (Å²) in [4.78, 5) is 9.91. The molecule has 0 unspecified atom stereocenters. The van der Waals surface area contributed by atoms with Gasteiger partial charge < -0.3 is 0 Å². The van der Waals surface area contributed by atoms with E-state index < -0.39 is 0 Å². The summed E-state index contributed by atoms with van der Waals surface area (Å²) in [5.74, 6) is 0. The van der Waals surface area contributed by atoms with E-state index in [0.29, 0.717) is 0 Å². The van der Waals surface area contributed by atoms with E-state index >= 15 is 0 Å². The third-order valence-electron chi connectivity index (χ3n) is 3.41. The standard InChI is InChI=1S/C17H31O/c1-2-3-4-5-6-7-8-9-10-11-12-13-14-15-16-17-18/h15-16H,2-14H2,1H3/b16-15+. The maximum absolute atomic E-state index is 9.91. The van der Waals surface area contributed by atoms with Crippen LogP contribution in [-0.4, -0.2) is 6.29 Å². The molecule has 0 bridgehead atoms. The van der Waals surface area contributed by atoms with Crippen LogP contribution in [0.2, 0.25) is 0 Å². The minimum absolute atomic E-state index is 1.03. The van der Waals surface area contributed by atoms with Crippen molar-refractivity contribution in [3.05, 3.63) is 12.2 Å². The molecule has 0 spiro atoms. The van der Waals surface area contributed by atoms with Crippen LogP contribution in [0.3, 0.4) is 0 Å². The summed E-state index contributed by atoms with van der Waals surface area (Å²) in [5.41, 5.74) is 0. The van der Waals surface area contributed by atoms with Gasteiger partial charge in [0.05, 0.1) is 0 Å². The summed E-state index contributed by atoms with van der Waals surface area (Å²) in [7, 11) is 0. The van der Waals surface area contributed by atoms with Crippen LogP contribution in [0.1, 0.15) is 90.4 Å². The highest BCUT2D eigenvalue weighted by atomic mass is 16.1. The molecule has 0 atom stereocenters. The molecule has 0 N–H and O–H groups in total. The van der Waals surface area contributed by atoms with Gasteiger partial charge in [0, 0.05) is 0 Å². The second-order valence-corrected chi connectivity index (χ2v) is 5.20. The van der Waals surface area contributed by atoms with E-state index in [1.807, 2.05) is 6.08 Å². The van der Waals surface area contributed by atoms with Gasteiger partial charge in [-0.15, -0.1) is 0 Å². The van der Waals surface area contributed by atoms with E-state index in [1.165, 1.54) is 83.1 Å². The average molecular weight is 251 g/mol. The maximum atomic E-state index is 9.91. The van der Waals surface area contributed by atoms with Gasteiger partial charge >= 0.3 is 0 Å². The quantitative estimate of drug-likeness (QED) is 0.284. The average Bonchev–Trinajstić information content (AvgIpc) is 2.39. The van der Waals surface area contributed by atoms with Crippen LogP contribution in [0, 0.1) is 0 Å². The Kier molecular flexibility index (Phi) is 15.9. The van der Waals surface area contributed by atoms with Crippen molar-refractivity contribution >= 4 is 6.29 Å². The van der Waals surface area contributed by atoms with Gasteiger partial charge in [-0.05, 0) is 18.9 Å². The summed E-state index contributed by atoms with van der Waals surface area (Å²) < 4.78 is 0. The fraction of sp³-hybridized carbons (Fsp3) is 0.824. The van der Waals surface area contributed by atoms with Gasteiger partial charge in [0.1, 0.15) is 0 Å². The van der Waals surface area contributed by atoms with Crippen LogP contribution in [-0.2, 0) is 4.79 Å². The number of hydrogen-bond acceptors (Lipinski definition) is 1. The lowest BCUT2D eigenvalue weighted by Crippen LogP contribution is -1.82. The van der Waals surface area contributed by atoms with Crippen molar-refractivity contribution in [3.63, 3.8) is 0 Å². The Bertz CT molecular complexity index is 184. The van der Waals surface area contributed by atoms with Crippen molar-refractivity contribution in [1.29, 1.82) is 0 Å². The normalized spacial score (nSPS) is 11.2. The largest absolute Gasteiger partial charge is 0.286 e. The molecule has 1 radical (unpaired) electrons. The second kappa shape index (κ2) is 16.4. The van der Waals surface area contributed by atoms with Crippen molar-refractivity contribution in [3.8, 4) is 0 Å². The van der Waals surface area contributed by atoms with E-state index in [2.05, 4.69) is 6.92 Å². The first kappa shape index (κ1) is 17.4. The van der Waals surface area contributed by atoms with E-state index in [1.54, 1.807) is 6.29 Å². The Morgan fingerprint density at radius 1 is 0.722 bits per heavy atom. The van der Waals surface area contributed by atoms with E-state index in [-0.39, 0.29) is 0 Å². The van der Waals surface area contributed by atoms with Gasteiger partial charge in [0.15, 0.2) is 0 Å². The number of hydrogen-bond donors (Lipinski definition) is 0. The van der Waals surface area contributed by atoms with Gasteiger partial charge in [-0.3, -0.25) is 4.79 Å². The zero-order valence-corrected chi connectivity index (χ0v) is 12.3. The molecular formula is C17H31O. The number of allylic oxidation sites excluding steroid dienone is 2. The van der Waals surface area contributed by atoms with Crippen LogP contribution in [0.4, 0.5) is 0 Å². The van der Waals surface area contributed by atoms with Crippen LogP contribution in [0.15, 0.2) is 12.2 Å². The van der Waals surface area contributed by atoms with Gasteiger partial charge in [0.25, 0.3) is 0 Å². The molecule has 0 aliphatic carbocycles. The molecule has 105 valence electrons. The predicted octanol–water partition coefficient (Wildman–Crippen LogP) is 5.74. The van der Waals surface area contributed by atoms with Crippen molar-refractivity contribution in [2.45, 2.75) is 90.4 Å².